The molecule has 5 nitrogen and oxygen atoms in total. The minimum atomic E-state index is -0.384. The molecule has 1 unspecified atom stereocenters. The number of thioether (sulfide) groups is 2. The lowest BCUT2D eigenvalue weighted by atomic mass is 10.3. The van der Waals surface area contributed by atoms with Crippen LogP contribution < -0.4 is 5.32 Å². The second-order valence-electron chi connectivity index (χ2n) is 4.09. The van der Waals surface area contributed by atoms with E-state index in [9.17, 15) is 10.1 Å². The van der Waals surface area contributed by atoms with Crippen LogP contribution in [0.1, 0.15) is 5.56 Å². The van der Waals surface area contributed by atoms with Gasteiger partial charge >= 0.3 is 5.69 Å². The molecule has 0 radical (unpaired) electrons. The van der Waals surface area contributed by atoms with Crippen LogP contribution in [0.4, 0.5) is 11.5 Å². The average Bonchev–Trinajstić information content (AvgIpc) is 2.38. The summed E-state index contributed by atoms with van der Waals surface area (Å²) in [6.45, 7) is 2.53. The molecule has 1 aromatic heterocycles. The summed E-state index contributed by atoms with van der Waals surface area (Å²) in [6.07, 6.45) is 1.65. The second kappa shape index (κ2) is 6.29. The van der Waals surface area contributed by atoms with Crippen LogP contribution in [0, 0.1) is 17.0 Å². The Hall–Kier alpha value is -0.950. The highest BCUT2D eigenvalue weighted by Crippen LogP contribution is 2.26. The largest absolute Gasteiger partial charge is 0.363 e. The van der Waals surface area contributed by atoms with Crippen molar-refractivity contribution >= 4 is 35.0 Å². The molecule has 1 fully saturated rings. The molecule has 0 bridgehead atoms. The quantitative estimate of drug-likeness (QED) is 0.677. The monoisotopic (exact) mass is 285 g/mol. The van der Waals surface area contributed by atoms with E-state index in [2.05, 4.69) is 10.3 Å². The zero-order valence-electron chi connectivity index (χ0n) is 10.1. The smallest absolute Gasteiger partial charge is 0.311 e. The molecule has 98 valence electrons. The van der Waals surface area contributed by atoms with Crippen molar-refractivity contribution in [3.63, 3.8) is 0 Å². The number of aryl methyl sites for hydroxylation is 1. The topological polar surface area (TPSA) is 68.1 Å². The molecule has 0 saturated carbocycles. The van der Waals surface area contributed by atoms with Crippen molar-refractivity contribution in [1.29, 1.82) is 0 Å². The average molecular weight is 285 g/mol. The third-order valence-corrected chi connectivity index (χ3v) is 5.43. The van der Waals surface area contributed by atoms with Crippen molar-refractivity contribution in [3.8, 4) is 0 Å². The highest BCUT2D eigenvalue weighted by atomic mass is 32.2. The Balaban J connectivity index is 2.01. The van der Waals surface area contributed by atoms with Gasteiger partial charge in [0.05, 0.1) is 4.92 Å². The Bertz CT molecular complexity index is 436. The number of nitrogens with one attached hydrogen (secondary N) is 1. The van der Waals surface area contributed by atoms with Crippen molar-refractivity contribution in [3.05, 3.63) is 27.9 Å². The SMILES string of the molecule is Cc1cnc(NCC2CSCCS2)c([N+](=O)[O-])c1. The van der Waals surface area contributed by atoms with Crippen molar-refractivity contribution < 1.29 is 4.92 Å². The molecule has 1 aromatic rings. The molecule has 0 aromatic carbocycles. The summed E-state index contributed by atoms with van der Waals surface area (Å²) in [6, 6.07) is 1.55. The van der Waals surface area contributed by atoms with E-state index >= 15 is 0 Å². The van der Waals surface area contributed by atoms with E-state index < -0.39 is 0 Å². The van der Waals surface area contributed by atoms with Gasteiger partial charge in [-0.05, 0) is 12.5 Å². The Kier molecular flexibility index (Phi) is 4.71. The van der Waals surface area contributed by atoms with Crippen molar-refractivity contribution in [1.82, 2.24) is 4.98 Å². The van der Waals surface area contributed by atoms with Crippen LogP contribution in [0.15, 0.2) is 12.3 Å². The molecule has 0 amide bonds. The fourth-order valence-corrected chi connectivity index (χ4v) is 4.31. The van der Waals surface area contributed by atoms with E-state index in [0.29, 0.717) is 11.1 Å². The summed E-state index contributed by atoms with van der Waals surface area (Å²) in [5, 5.41) is 14.6. The first-order chi connectivity index (χ1) is 8.66. The summed E-state index contributed by atoms with van der Waals surface area (Å²) >= 11 is 3.85. The second-order valence-corrected chi connectivity index (χ2v) is 6.64. The fraction of sp³-hybridized carbons (Fsp3) is 0.545. The van der Waals surface area contributed by atoms with Crippen LogP contribution >= 0.6 is 23.5 Å². The van der Waals surface area contributed by atoms with Gasteiger partial charge in [-0.3, -0.25) is 10.1 Å². The van der Waals surface area contributed by atoms with Crippen molar-refractivity contribution in [2.45, 2.75) is 12.2 Å². The van der Waals surface area contributed by atoms with E-state index in [0.717, 1.165) is 23.6 Å². The van der Waals surface area contributed by atoms with Crippen molar-refractivity contribution in [2.75, 3.05) is 29.1 Å². The van der Waals surface area contributed by atoms with Gasteiger partial charge in [-0.2, -0.15) is 23.5 Å². The van der Waals surface area contributed by atoms with Crippen LogP contribution in [0.2, 0.25) is 0 Å². The lowest BCUT2D eigenvalue weighted by Crippen LogP contribution is -2.23. The molecular weight excluding hydrogens is 270 g/mol. The maximum Gasteiger partial charge on any atom is 0.311 e. The molecule has 1 aliphatic rings. The Morgan fingerprint density at radius 3 is 3.11 bits per heavy atom. The summed E-state index contributed by atoms with van der Waals surface area (Å²) in [4.78, 5) is 14.7. The maximum absolute atomic E-state index is 10.9. The first kappa shape index (κ1) is 13.5. The maximum atomic E-state index is 10.9. The molecule has 1 aliphatic heterocycles. The standard InChI is InChI=1S/C11H15N3O2S2/c1-8-4-10(14(15)16)11(12-5-8)13-6-9-7-17-2-3-18-9/h4-5,9H,2-3,6-7H2,1H3,(H,12,13). The van der Waals surface area contributed by atoms with Gasteiger partial charge in [-0.25, -0.2) is 4.98 Å². The molecule has 7 heteroatoms. The Morgan fingerprint density at radius 2 is 2.44 bits per heavy atom. The molecular formula is C11H15N3O2S2. The molecule has 1 atom stereocenters. The third-order valence-electron chi connectivity index (χ3n) is 2.58. The van der Waals surface area contributed by atoms with E-state index in [1.807, 2.05) is 23.5 Å². The van der Waals surface area contributed by atoms with E-state index in [4.69, 9.17) is 0 Å². The normalized spacial score (nSPS) is 19.5. The van der Waals surface area contributed by atoms with Gasteiger partial charge in [0.1, 0.15) is 0 Å². The number of hydrogen-bond acceptors (Lipinski definition) is 6. The number of nitro groups is 1. The van der Waals surface area contributed by atoms with Gasteiger partial charge in [0, 0.05) is 41.3 Å². The van der Waals surface area contributed by atoms with Crippen LogP contribution in [-0.2, 0) is 0 Å². The molecule has 2 rings (SSSR count). The zero-order valence-corrected chi connectivity index (χ0v) is 11.7. The number of nitrogens with zero attached hydrogens (tertiary/aromatic N) is 2. The van der Waals surface area contributed by atoms with Gasteiger partial charge in [0.2, 0.25) is 5.82 Å². The van der Waals surface area contributed by atoms with E-state index in [1.165, 1.54) is 5.75 Å². The summed E-state index contributed by atoms with van der Waals surface area (Å²) < 4.78 is 0. The molecule has 1 N–H and O–H groups in total. The summed E-state index contributed by atoms with van der Waals surface area (Å²) in [5.41, 5.74) is 0.860. The van der Waals surface area contributed by atoms with Crippen molar-refractivity contribution in [2.24, 2.45) is 0 Å². The minimum absolute atomic E-state index is 0.0588. The van der Waals surface area contributed by atoms with E-state index in [-0.39, 0.29) is 10.6 Å². The molecule has 18 heavy (non-hydrogen) atoms. The van der Waals surface area contributed by atoms with Gasteiger partial charge in [-0.15, -0.1) is 0 Å². The number of anilines is 1. The lowest BCUT2D eigenvalue weighted by Gasteiger charge is -2.21. The summed E-state index contributed by atoms with van der Waals surface area (Å²) in [5.74, 6) is 3.82. The number of pyridine rings is 1. The van der Waals surface area contributed by atoms with Crippen LogP contribution in [0.3, 0.4) is 0 Å². The van der Waals surface area contributed by atoms with Crippen LogP contribution in [-0.4, -0.2) is 39.0 Å². The molecule has 0 spiro atoms. The van der Waals surface area contributed by atoms with Gasteiger partial charge in [0.25, 0.3) is 0 Å². The Labute approximate surface area is 114 Å². The molecule has 0 aliphatic carbocycles. The number of hydrogen-bond donors (Lipinski definition) is 1. The van der Waals surface area contributed by atoms with Gasteiger partial charge in [0.15, 0.2) is 0 Å². The zero-order chi connectivity index (χ0) is 13.0. The number of aromatic nitrogens is 1. The minimum Gasteiger partial charge on any atom is -0.363 e. The predicted octanol–water partition coefficient (Wildman–Crippen LogP) is 2.56. The van der Waals surface area contributed by atoms with Crippen LogP contribution in [0.25, 0.3) is 0 Å². The van der Waals surface area contributed by atoms with Gasteiger partial charge in [-0.1, -0.05) is 0 Å². The van der Waals surface area contributed by atoms with Gasteiger partial charge < -0.3 is 5.32 Å². The fourth-order valence-electron chi connectivity index (χ4n) is 1.69. The third kappa shape index (κ3) is 3.52. The lowest BCUT2D eigenvalue weighted by molar-refractivity contribution is -0.384. The van der Waals surface area contributed by atoms with Crippen LogP contribution in [0.5, 0.6) is 0 Å². The number of rotatable bonds is 4. The first-order valence-corrected chi connectivity index (χ1v) is 7.91. The first-order valence-electron chi connectivity index (χ1n) is 5.71. The molecule has 2 heterocycles. The molecule has 1 saturated heterocycles. The highest BCUT2D eigenvalue weighted by Gasteiger charge is 2.18. The Morgan fingerprint density at radius 1 is 1.61 bits per heavy atom. The highest BCUT2D eigenvalue weighted by molar-refractivity contribution is 8.06. The summed E-state index contributed by atoms with van der Waals surface area (Å²) in [7, 11) is 0. The predicted molar refractivity (Wildman–Crippen MR) is 77.7 cm³/mol. The van der Waals surface area contributed by atoms with E-state index in [1.54, 1.807) is 19.2 Å².